The largest absolute Gasteiger partial charge is 0.428 e. The molecule has 0 spiro atoms. The average Bonchev–Trinajstić information content (AvgIpc) is 2.47. The molecule has 5 heteroatoms. The second-order valence-electron chi connectivity index (χ2n) is 5.82. The van der Waals surface area contributed by atoms with Crippen molar-refractivity contribution in [2.75, 3.05) is 0 Å². The molecule has 0 aromatic heterocycles. The van der Waals surface area contributed by atoms with Gasteiger partial charge in [0.05, 0.1) is 0 Å². The van der Waals surface area contributed by atoms with Crippen LogP contribution in [0.1, 0.15) is 20.8 Å². The third-order valence-electron chi connectivity index (χ3n) is 2.50. The van der Waals surface area contributed by atoms with Crippen LogP contribution in [0.2, 0.25) is 0 Å². The molecule has 0 atom stereocenters. The molecule has 0 radical (unpaired) electrons. The Hall–Kier alpha value is -1.40. The maximum atomic E-state index is 5.98. The molecule has 2 aromatic rings. The van der Waals surface area contributed by atoms with E-state index < -0.39 is 5.69 Å². The molecule has 0 bridgehead atoms. The van der Waals surface area contributed by atoms with E-state index in [1.165, 1.54) is 11.4 Å². The third-order valence-corrected chi connectivity index (χ3v) is 6.30. The molecule has 2 nitrogen and oxygen atoms in total. The first-order chi connectivity index (χ1) is 10.9. The van der Waals surface area contributed by atoms with Crippen LogP contribution in [0, 0.1) is 16.6 Å². The number of hydrogen-bond acceptors (Lipinski definition) is 4. The van der Waals surface area contributed by atoms with Gasteiger partial charge >= 0.3 is 5.69 Å². The summed E-state index contributed by atoms with van der Waals surface area (Å²) in [7, 11) is 0. The highest BCUT2D eigenvalue weighted by molar-refractivity contribution is 8.69. The Morgan fingerprint density at radius 1 is 0.870 bits per heavy atom. The lowest BCUT2D eigenvalue weighted by Gasteiger charge is -2.20. The van der Waals surface area contributed by atoms with Crippen LogP contribution in [0.5, 0.6) is 11.5 Å². The van der Waals surface area contributed by atoms with Crippen LogP contribution < -0.4 is 9.05 Å². The van der Waals surface area contributed by atoms with Crippen LogP contribution in [0.15, 0.2) is 60.7 Å². The quantitative estimate of drug-likeness (QED) is 0.472. The molecule has 0 saturated heterocycles. The fourth-order valence-electron chi connectivity index (χ4n) is 1.51. The van der Waals surface area contributed by atoms with Crippen molar-refractivity contribution in [1.82, 2.24) is 0 Å². The first-order valence-corrected chi connectivity index (χ1v) is 11.2. The van der Waals surface area contributed by atoms with Gasteiger partial charge in [0, 0.05) is 28.6 Å². The van der Waals surface area contributed by atoms with Crippen LogP contribution >= 0.6 is 17.1 Å². The molecule has 120 valence electrons. The lowest BCUT2D eigenvalue weighted by atomic mass is 9.99. The topological polar surface area (TPSA) is 18.5 Å². The minimum Gasteiger partial charge on any atom is -0.428 e. The fourth-order valence-corrected chi connectivity index (χ4v) is 4.91. The Morgan fingerprint density at radius 3 is 1.70 bits per heavy atom. The SMILES string of the molecule is CC(C)(C)C#CSP(=S)(Oc1ccccc1)Oc1ccccc1. The number of para-hydroxylation sites is 2. The Morgan fingerprint density at radius 2 is 1.30 bits per heavy atom. The van der Waals surface area contributed by atoms with Crippen molar-refractivity contribution < 1.29 is 9.05 Å². The molecule has 0 fully saturated rings. The summed E-state index contributed by atoms with van der Waals surface area (Å²) in [5.74, 6) is 4.55. The zero-order chi connectivity index (χ0) is 16.8. The Kier molecular flexibility index (Phi) is 6.18. The van der Waals surface area contributed by atoms with Gasteiger partial charge < -0.3 is 9.05 Å². The first kappa shape index (κ1) is 17.9. The van der Waals surface area contributed by atoms with Crippen molar-refractivity contribution in [1.29, 1.82) is 0 Å². The molecule has 0 aliphatic carbocycles. The number of rotatable bonds is 5. The molecule has 0 amide bonds. The van der Waals surface area contributed by atoms with Crippen molar-refractivity contribution >= 4 is 28.9 Å². The van der Waals surface area contributed by atoms with E-state index in [9.17, 15) is 0 Å². The van der Waals surface area contributed by atoms with Gasteiger partial charge in [-0.15, -0.1) is 0 Å². The highest BCUT2D eigenvalue weighted by Crippen LogP contribution is 2.59. The van der Waals surface area contributed by atoms with Crippen LogP contribution in [0.25, 0.3) is 0 Å². The molecule has 0 N–H and O–H groups in total. The van der Waals surface area contributed by atoms with E-state index in [1.807, 2.05) is 60.7 Å². The van der Waals surface area contributed by atoms with Gasteiger partial charge in [0.2, 0.25) is 0 Å². The zero-order valence-electron chi connectivity index (χ0n) is 13.4. The maximum absolute atomic E-state index is 5.98. The normalized spacial score (nSPS) is 11.3. The van der Waals surface area contributed by atoms with Gasteiger partial charge in [0.25, 0.3) is 0 Å². The summed E-state index contributed by atoms with van der Waals surface area (Å²) in [4.78, 5) is 0. The van der Waals surface area contributed by atoms with E-state index in [0.29, 0.717) is 11.5 Å². The first-order valence-electron chi connectivity index (χ1n) is 7.16. The van der Waals surface area contributed by atoms with Crippen LogP contribution in [-0.2, 0) is 11.8 Å². The van der Waals surface area contributed by atoms with Gasteiger partial charge in [-0.25, -0.2) is 0 Å². The Balaban J connectivity index is 2.22. The van der Waals surface area contributed by atoms with Crippen molar-refractivity contribution in [2.24, 2.45) is 5.41 Å². The lowest BCUT2D eigenvalue weighted by Crippen LogP contribution is -1.99. The van der Waals surface area contributed by atoms with E-state index in [1.54, 1.807) is 0 Å². The van der Waals surface area contributed by atoms with Gasteiger partial charge in [-0.1, -0.05) is 42.3 Å². The predicted molar refractivity (Wildman–Crippen MR) is 103 cm³/mol. The Labute approximate surface area is 147 Å². The highest BCUT2D eigenvalue weighted by Gasteiger charge is 2.23. The molecule has 0 aliphatic rings. The standard InChI is InChI=1S/C18H19O2PS2/c1-18(2,3)14-15-23-21(22,19-16-10-6-4-7-11-16)20-17-12-8-5-9-13-17/h4-13H,1-3H3. The maximum Gasteiger partial charge on any atom is 0.361 e. The zero-order valence-corrected chi connectivity index (χ0v) is 15.9. The number of benzene rings is 2. The van der Waals surface area contributed by atoms with Gasteiger partial charge in [0.1, 0.15) is 11.5 Å². The molecule has 0 aliphatic heterocycles. The molecule has 0 saturated carbocycles. The summed E-state index contributed by atoms with van der Waals surface area (Å²) < 4.78 is 12.0. The average molecular weight is 362 g/mol. The van der Waals surface area contributed by atoms with Crippen molar-refractivity contribution in [3.63, 3.8) is 0 Å². The van der Waals surface area contributed by atoms with E-state index in [0.717, 1.165) is 0 Å². The van der Waals surface area contributed by atoms with Crippen LogP contribution in [-0.4, -0.2) is 0 Å². The minimum absolute atomic E-state index is 0.0906. The van der Waals surface area contributed by atoms with E-state index in [-0.39, 0.29) is 5.41 Å². The number of hydrogen-bond donors (Lipinski definition) is 0. The predicted octanol–water partition coefficient (Wildman–Crippen LogP) is 6.11. The van der Waals surface area contributed by atoms with E-state index in [4.69, 9.17) is 20.9 Å². The monoisotopic (exact) mass is 362 g/mol. The van der Waals surface area contributed by atoms with E-state index in [2.05, 4.69) is 31.9 Å². The van der Waals surface area contributed by atoms with Crippen LogP contribution in [0.4, 0.5) is 0 Å². The summed E-state index contributed by atoms with van der Waals surface area (Å²) in [6, 6.07) is 19.0. The fraction of sp³-hybridized carbons (Fsp3) is 0.222. The lowest BCUT2D eigenvalue weighted by molar-refractivity contribution is 0.507. The Bertz CT molecular complexity index is 683. The molecular weight excluding hydrogens is 343 g/mol. The third kappa shape index (κ3) is 6.71. The molecule has 2 rings (SSSR count). The highest BCUT2D eigenvalue weighted by atomic mass is 32.9. The molecule has 0 heterocycles. The minimum atomic E-state index is -2.67. The summed E-state index contributed by atoms with van der Waals surface area (Å²) in [5, 5.41) is 3.07. The van der Waals surface area contributed by atoms with Crippen molar-refractivity contribution in [2.45, 2.75) is 20.8 Å². The van der Waals surface area contributed by atoms with Gasteiger partial charge in [-0.05, 0) is 50.3 Å². The molecule has 0 unspecified atom stereocenters. The van der Waals surface area contributed by atoms with E-state index >= 15 is 0 Å². The summed E-state index contributed by atoms with van der Waals surface area (Å²) in [6.07, 6.45) is 0. The second-order valence-corrected chi connectivity index (χ2v) is 11.6. The second kappa shape index (κ2) is 7.93. The van der Waals surface area contributed by atoms with Gasteiger partial charge in [0.15, 0.2) is 0 Å². The van der Waals surface area contributed by atoms with Crippen molar-refractivity contribution in [3.8, 4) is 22.7 Å². The summed E-state index contributed by atoms with van der Waals surface area (Å²) >= 11 is 6.94. The van der Waals surface area contributed by atoms with Gasteiger partial charge in [-0.2, -0.15) is 0 Å². The molecule has 23 heavy (non-hydrogen) atoms. The van der Waals surface area contributed by atoms with Crippen molar-refractivity contribution in [3.05, 3.63) is 60.7 Å². The molecule has 2 aromatic carbocycles. The summed E-state index contributed by atoms with van der Waals surface area (Å²) in [5.41, 5.74) is -2.76. The van der Waals surface area contributed by atoms with Crippen LogP contribution in [0.3, 0.4) is 0 Å². The van der Waals surface area contributed by atoms with Gasteiger partial charge in [-0.3, -0.25) is 0 Å². The summed E-state index contributed by atoms with van der Waals surface area (Å²) in [6.45, 7) is 6.17. The molecular formula is C18H19O2PS2. The smallest absolute Gasteiger partial charge is 0.361 e.